The fourth-order valence-electron chi connectivity index (χ4n) is 3.97. The van der Waals surface area contributed by atoms with Crippen molar-refractivity contribution in [3.8, 4) is 11.5 Å². The van der Waals surface area contributed by atoms with Crippen LogP contribution >= 0.6 is 24.2 Å². The molecule has 1 aliphatic rings. The molecule has 0 aromatic heterocycles. The number of rotatable bonds is 7. The van der Waals surface area contributed by atoms with Crippen molar-refractivity contribution in [2.24, 2.45) is 5.92 Å². The summed E-state index contributed by atoms with van der Waals surface area (Å²) in [6, 6.07) is 24.5. The highest BCUT2D eigenvalue weighted by Gasteiger charge is 2.38. The number of thiol groups is 1. The lowest BCUT2D eigenvalue weighted by atomic mass is 9.86. The predicted octanol–water partition coefficient (Wildman–Crippen LogP) is 5.72. The topological polar surface area (TPSA) is 46.6 Å². The molecule has 1 heterocycles. The first-order chi connectivity index (χ1) is 15.0. The maximum absolute atomic E-state index is 12.7. The van der Waals surface area contributed by atoms with E-state index in [0.717, 1.165) is 22.6 Å². The molecule has 1 amide bonds. The van der Waals surface area contributed by atoms with Gasteiger partial charge >= 0.3 is 0 Å². The highest BCUT2D eigenvalue weighted by molar-refractivity contribution is 7.96. The van der Waals surface area contributed by atoms with Gasteiger partial charge in [-0.05, 0) is 53.4 Å². The lowest BCUT2D eigenvalue weighted by molar-refractivity contribution is -0.128. The van der Waals surface area contributed by atoms with Crippen molar-refractivity contribution in [2.75, 3.05) is 6.54 Å². The largest absolute Gasteiger partial charge is 0.457 e. The number of ether oxygens (including phenoxy) is 1. The molecule has 0 saturated carbocycles. The molecule has 0 N–H and O–H groups in total. The molecule has 3 aromatic carbocycles. The summed E-state index contributed by atoms with van der Waals surface area (Å²) in [6.07, 6.45) is 0.328. The number of amides is 1. The van der Waals surface area contributed by atoms with E-state index in [2.05, 4.69) is 12.6 Å². The Balaban J connectivity index is 1.42. The summed E-state index contributed by atoms with van der Waals surface area (Å²) in [7, 11) is 0. The van der Waals surface area contributed by atoms with E-state index < -0.39 is 5.92 Å². The maximum atomic E-state index is 12.7. The van der Waals surface area contributed by atoms with Crippen LogP contribution in [0.2, 0.25) is 5.02 Å². The summed E-state index contributed by atoms with van der Waals surface area (Å²) in [5.41, 5.74) is 1.85. The molecule has 1 aliphatic heterocycles. The van der Waals surface area contributed by atoms with Gasteiger partial charge in [-0.15, -0.1) is 12.6 Å². The van der Waals surface area contributed by atoms with E-state index in [1.165, 1.54) is 0 Å². The van der Waals surface area contributed by atoms with E-state index in [1.807, 2.05) is 66.7 Å². The Labute approximate surface area is 192 Å². The second kappa shape index (κ2) is 9.58. The molecule has 1 unspecified atom stereocenters. The molecule has 0 radical (unpaired) electrons. The zero-order valence-corrected chi connectivity index (χ0v) is 18.4. The van der Waals surface area contributed by atoms with Crippen LogP contribution < -0.4 is 4.74 Å². The van der Waals surface area contributed by atoms with E-state index in [-0.39, 0.29) is 16.9 Å². The predicted molar refractivity (Wildman–Crippen MR) is 125 cm³/mol. The van der Waals surface area contributed by atoms with E-state index in [0.29, 0.717) is 24.5 Å². The van der Waals surface area contributed by atoms with Crippen LogP contribution in [-0.4, -0.2) is 22.5 Å². The van der Waals surface area contributed by atoms with Crippen molar-refractivity contribution in [3.05, 3.63) is 95.0 Å². The Morgan fingerprint density at radius 2 is 1.65 bits per heavy atom. The van der Waals surface area contributed by atoms with Crippen LogP contribution in [0, 0.1) is 5.92 Å². The fourth-order valence-corrected chi connectivity index (χ4v) is 4.46. The summed E-state index contributed by atoms with van der Waals surface area (Å²) >= 11 is 10.1. The number of hydrogen-bond donors (Lipinski definition) is 1. The van der Waals surface area contributed by atoms with Gasteiger partial charge < -0.3 is 9.64 Å². The molecule has 3 aromatic rings. The molecule has 4 rings (SSSR count). The van der Waals surface area contributed by atoms with E-state index in [1.54, 1.807) is 17.0 Å². The third-order valence-electron chi connectivity index (χ3n) is 5.49. The molecule has 0 aliphatic carbocycles. The Morgan fingerprint density at radius 1 is 1.00 bits per heavy atom. The average Bonchev–Trinajstić information content (AvgIpc) is 3.11. The highest BCUT2D eigenvalue weighted by atomic mass is 35.5. The van der Waals surface area contributed by atoms with Gasteiger partial charge in [-0.3, -0.25) is 9.59 Å². The van der Waals surface area contributed by atoms with Gasteiger partial charge in [0.05, 0.1) is 5.92 Å². The number of benzene rings is 3. The molecule has 0 bridgehead atoms. The number of halogens is 1. The van der Waals surface area contributed by atoms with Crippen molar-refractivity contribution < 1.29 is 14.3 Å². The molecule has 1 saturated heterocycles. The normalized spacial score (nSPS) is 16.9. The second-order valence-corrected chi connectivity index (χ2v) is 8.54. The summed E-state index contributed by atoms with van der Waals surface area (Å²) in [6.45, 7) is 1.01. The number of carbonyl (C=O) groups is 2. The Morgan fingerprint density at radius 3 is 2.29 bits per heavy atom. The van der Waals surface area contributed by atoms with Gasteiger partial charge in [-0.2, -0.15) is 0 Å². The van der Waals surface area contributed by atoms with Crippen LogP contribution in [-0.2, 0) is 16.1 Å². The first-order valence-corrected chi connectivity index (χ1v) is 10.9. The third-order valence-corrected chi connectivity index (χ3v) is 6.02. The number of carbonyl (C=O) groups excluding carboxylic acids is 2. The maximum Gasteiger partial charge on any atom is 0.223 e. The smallest absolute Gasteiger partial charge is 0.223 e. The van der Waals surface area contributed by atoms with E-state index >= 15 is 0 Å². The van der Waals surface area contributed by atoms with Gasteiger partial charge in [-0.25, -0.2) is 0 Å². The van der Waals surface area contributed by atoms with Crippen molar-refractivity contribution in [1.82, 2.24) is 4.90 Å². The molecule has 0 spiro atoms. The lowest BCUT2D eigenvalue weighted by Gasteiger charge is -2.22. The van der Waals surface area contributed by atoms with Gasteiger partial charge in [0.2, 0.25) is 5.91 Å². The Bertz CT molecular complexity index is 1050. The van der Waals surface area contributed by atoms with Crippen LogP contribution in [0.4, 0.5) is 0 Å². The average molecular weight is 452 g/mol. The number of likely N-dealkylation sites (tertiary alicyclic amines) is 1. The van der Waals surface area contributed by atoms with Crippen LogP contribution in [0.1, 0.15) is 23.5 Å². The molecular weight excluding hydrogens is 430 g/mol. The van der Waals surface area contributed by atoms with Gasteiger partial charge in [-0.1, -0.05) is 54.1 Å². The first-order valence-electron chi connectivity index (χ1n) is 10.1. The fraction of sp³-hybridized carbons (Fsp3) is 0.200. The Kier molecular flexibility index (Phi) is 6.64. The molecule has 6 heteroatoms. The monoisotopic (exact) mass is 451 g/mol. The van der Waals surface area contributed by atoms with Gasteiger partial charge in [0.1, 0.15) is 11.5 Å². The van der Waals surface area contributed by atoms with E-state index in [4.69, 9.17) is 16.3 Å². The third kappa shape index (κ3) is 5.30. The molecule has 1 fully saturated rings. The van der Waals surface area contributed by atoms with Crippen molar-refractivity contribution in [2.45, 2.75) is 18.9 Å². The number of nitrogens with zero attached hydrogens (tertiary/aromatic N) is 1. The summed E-state index contributed by atoms with van der Waals surface area (Å²) in [5, 5.41) is 0.377. The lowest BCUT2D eigenvalue weighted by Crippen LogP contribution is -2.26. The molecule has 31 heavy (non-hydrogen) atoms. The van der Waals surface area contributed by atoms with Crippen molar-refractivity contribution in [3.63, 3.8) is 0 Å². The Hall–Kier alpha value is -2.76. The standard InChI is InChI=1S/C25H22ClNO3S/c26-20-10-8-18(9-11-20)24(25(29)31)19-14-23(28)27(16-19)15-17-6-12-22(13-7-17)30-21-4-2-1-3-5-21/h1-13,19,24H,14-16H2,(H,29,31)/t19?,24-/m1/s1. The summed E-state index contributed by atoms with van der Waals surface area (Å²) in [5.74, 6) is 1.01. The summed E-state index contributed by atoms with van der Waals surface area (Å²) < 4.78 is 5.82. The van der Waals surface area contributed by atoms with Crippen LogP contribution in [0.3, 0.4) is 0 Å². The van der Waals surface area contributed by atoms with Crippen LogP contribution in [0.5, 0.6) is 11.5 Å². The summed E-state index contributed by atoms with van der Waals surface area (Å²) in [4.78, 5) is 26.7. The minimum Gasteiger partial charge on any atom is -0.457 e. The zero-order valence-electron chi connectivity index (χ0n) is 16.8. The first kappa shape index (κ1) is 21.5. The number of para-hydroxylation sites is 1. The van der Waals surface area contributed by atoms with Gasteiger partial charge in [0.25, 0.3) is 0 Å². The van der Waals surface area contributed by atoms with Crippen molar-refractivity contribution >= 4 is 35.3 Å². The second-order valence-electron chi connectivity index (χ2n) is 7.66. The highest BCUT2D eigenvalue weighted by Crippen LogP contribution is 2.35. The van der Waals surface area contributed by atoms with Gasteiger partial charge in [0, 0.05) is 24.5 Å². The molecule has 2 atom stereocenters. The SMILES string of the molecule is O=C(S)[C@H](c1ccc(Cl)cc1)C1CC(=O)N(Cc2ccc(Oc3ccccc3)cc2)C1. The van der Waals surface area contributed by atoms with Crippen LogP contribution in [0.15, 0.2) is 78.9 Å². The minimum absolute atomic E-state index is 0.0446. The number of hydrogen-bond acceptors (Lipinski definition) is 3. The van der Waals surface area contributed by atoms with E-state index in [9.17, 15) is 9.59 Å². The molecule has 158 valence electrons. The van der Waals surface area contributed by atoms with Gasteiger partial charge in [0.15, 0.2) is 5.12 Å². The molecule has 4 nitrogen and oxygen atoms in total. The van der Waals surface area contributed by atoms with Crippen LogP contribution in [0.25, 0.3) is 0 Å². The zero-order chi connectivity index (χ0) is 21.8. The van der Waals surface area contributed by atoms with Crippen molar-refractivity contribution in [1.29, 1.82) is 0 Å². The minimum atomic E-state index is -0.434. The quantitative estimate of drug-likeness (QED) is 0.467. The molecular formula is C25H22ClNO3S.